The summed E-state index contributed by atoms with van der Waals surface area (Å²) in [6.07, 6.45) is 5.19. The largest absolute Gasteiger partial charge is 0.455 e. The van der Waals surface area contributed by atoms with Gasteiger partial charge in [0.2, 0.25) is 11.4 Å². The van der Waals surface area contributed by atoms with Crippen molar-refractivity contribution in [1.82, 2.24) is 0 Å². The number of benzene rings is 3. The number of furan rings is 1. The van der Waals surface area contributed by atoms with Crippen LogP contribution >= 0.6 is 0 Å². The van der Waals surface area contributed by atoms with E-state index in [2.05, 4.69) is 120 Å². The molecular weight excluding hydrogens is 428 g/mol. The Kier molecular flexibility index (Phi) is 4.40. The second kappa shape index (κ2) is 7.64. The molecule has 0 aliphatic carbocycles. The molecule has 1 aliphatic rings. The smallest absolute Gasteiger partial charge is 0.344 e. The number of hydrogen-bond acceptors (Lipinski definition) is 1. The molecule has 1 aliphatic heterocycles. The molecule has 7 rings (SSSR count). The van der Waals surface area contributed by atoms with Crippen LogP contribution in [-0.2, 0) is 13.1 Å². The van der Waals surface area contributed by atoms with Gasteiger partial charge in [-0.3, -0.25) is 0 Å². The Balaban J connectivity index is 1.63. The third kappa shape index (κ3) is 3.12. The molecule has 0 spiro atoms. The van der Waals surface area contributed by atoms with Gasteiger partial charge in [-0.05, 0) is 73.4 Å². The van der Waals surface area contributed by atoms with E-state index < -0.39 is 0 Å². The minimum atomic E-state index is 0.717. The molecule has 0 saturated heterocycles. The van der Waals surface area contributed by atoms with Gasteiger partial charge in [0.25, 0.3) is 0 Å². The Morgan fingerprint density at radius 1 is 0.714 bits per heavy atom. The van der Waals surface area contributed by atoms with Gasteiger partial charge < -0.3 is 4.42 Å². The zero-order valence-corrected chi connectivity index (χ0v) is 20.0. The molecule has 3 heteroatoms. The van der Waals surface area contributed by atoms with Crippen molar-refractivity contribution in [3.05, 3.63) is 120 Å². The molecule has 0 bridgehead atoms. The van der Waals surface area contributed by atoms with Crippen molar-refractivity contribution >= 4 is 21.9 Å². The Hall–Kier alpha value is -4.24. The maximum Gasteiger partial charge on any atom is 0.344 e. The summed E-state index contributed by atoms with van der Waals surface area (Å²) in [7, 11) is 0. The van der Waals surface area contributed by atoms with Crippen molar-refractivity contribution < 1.29 is 13.6 Å². The SMILES string of the molecule is Cc1ccc2oc3c4c(c(C)cc3c2c1)Cc1ccccc1-c1cccc[n+]1C[n+]1ccccc1-4. The highest BCUT2D eigenvalue weighted by Crippen LogP contribution is 2.40. The van der Waals surface area contributed by atoms with Gasteiger partial charge in [0.05, 0.1) is 5.56 Å². The lowest BCUT2D eigenvalue weighted by atomic mass is 9.88. The molecular formula is C32H26N2O+2. The molecule has 0 radical (unpaired) electrons. The van der Waals surface area contributed by atoms with E-state index >= 15 is 0 Å². The first-order chi connectivity index (χ1) is 17.2. The molecule has 168 valence electrons. The van der Waals surface area contributed by atoms with Crippen LogP contribution in [0.1, 0.15) is 22.3 Å². The molecule has 3 aromatic carbocycles. The summed E-state index contributed by atoms with van der Waals surface area (Å²) in [5, 5.41) is 2.37. The monoisotopic (exact) mass is 454 g/mol. The predicted octanol–water partition coefficient (Wildman–Crippen LogP) is 6.52. The summed E-state index contributed by atoms with van der Waals surface area (Å²) in [5.74, 6) is 0. The predicted molar refractivity (Wildman–Crippen MR) is 139 cm³/mol. The van der Waals surface area contributed by atoms with Crippen molar-refractivity contribution in [2.75, 3.05) is 0 Å². The van der Waals surface area contributed by atoms with Crippen molar-refractivity contribution in [2.45, 2.75) is 26.9 Å². The summed E-state index contributed by atoms with van der Waals surface area (Å²) in [6, 6.07) is 30.5. The highest BCUT2D eigenvalue weighted by molar-refractivity contribution is 6.10. The summed E-state index contributed by atoms with van der Waals surface area (Å²) in [6.45, 7) is 5.11. The van der Waals surface area contributed by atoms with Crippen LogP contribution in [0.4, 0.5) is 0 Å². The topological polar surface area (TPSA) is 20.9 Å². The maximum atomic E-state index is 6.62. The van der Waals surface area contributed by atoms with Crippen molar-refractivity contribution in [1.29, 1.82) is 0 Å². The first-order valence-corrected chi connectivity index (χ1v) is 12.2. The molecule has 6 aromatic rings. The number of fused-ring (bicyclic) bond motifs is 10. The minimum absolute atomic E-state index is 0.717. The van der Waals surface area contributed by atoms with Crippen LogP contribution in [-0.4, -0.2) is 0 Å². The first kappa shape index (κ1) is 20.2. The third-order valence-corrected chi connectivity index (χ3v) is 7.35. The van der Waals surface area contributed by atoms with Gasteiger partial charge in [0.1, 0.15) is 11.2 Å². The summed E-state index contributed by atoms with van der Waals surface area (Å²) in [5.41, 5.74) is 12.0. The van der Waals surface area contributed by atoms with E-state index in [0.29, 0.717) is 0 Å². The Morgan fingerprint density at radius 3 is 2.31 bits per heavy atom. The second-order valence-corrected chi connectivity index (χ2v) is 9.61. The lowest BCUT2D eigenvalue weighted by Gasteiger charge is -2.17. The van der Waals surface area contributed by atoms with Gasteiger partial charge in [-0.25, -0.2) is 0 Å². The fourth-order valence-corrected chi connectivity index (χ4v) is 5.65. The molecule has 3 nitrogen and oxygen atoms in total. The molecule has 0 atom stereocenters. The second-order valence-electron chi connectivity index (χ2n) is 9.61. The van der Waals surface area contributed by atoms with Crippen molar-refractivity contribution in [3.8, 4) is 22.5 Å². The molecule has 3 aromatic heterocycles. The van der Waals surface area contributed by atoms with E-state index in [-0.39, 0.29) is 0 Å². The van der Waals surface area contributed by atoms with Crippen LogP contribution < -0.4 is 9.13 Å². The van der Waals surface area contributed by atoms with Crippen LogP contribution in [0.3, 0.4) is 0 Å². The fraction of sp³-hybridized carbons (Fsp3) is 0.125. The third-order valence-electron chi connectivity index (χ3n) is 7.35. The van der Waals surface area contributed by atoms with E-state index in [1.54, 1.807) is 0 Å². The molecule has 0 amide bonds. The van der Waals surface area contributed by atoms with E-state index in [9.17, 15) is 0 Å². The number of hydrogen-bond donors (Lipinski definition) is 0. The Bertz CT molecular complexity index is 1780. The zero-order valence-electron chi connectivity index (χ0n) is 20.0. The highest BCUT2D eigenvalue weighted by atomic mass is 16.3. The Morgan fingerprint density at radius 2 is 1.46 bits per heavy atom. The van der Waals surface area contributed by atoms with Crippen LogP contribution in [0.15, 0.2) is 102 Å². The van der Waals surface area contributed by atoms with Crippen LogP contribution in [0.2, 0.25) is 0 Å². The fourth-order valence-electron chi connectivity index (χ4n) is 5.65. The standard InChI is InChI=1S/C32H26N2O/c1-21-13-14-30-26(17-21)27-18-22(2)25-19-23-9-3-4-10-24(23)28-11-5-7-15-33(28)20-34-16-8-6-12-29(34)31(25)32(27)35-30/h3-18H,19-20H2,1-2H3/q+2. The highest BCUT2D eigenvalue weighted by Gasteiger charge is 2.29. The van der Waals surface area contributed by atoms with Gasteiger partial charge in [-0.2, -0.15) is 0 Å². The molecule has 0 fully saturated rings. The quantitative estimate of drug-likeness (QED) is 0.239. The molecule has 35 heavy (non-hydrogen) atoms. The summed E-state index contributed by atoms with van der Waals surface area (Å²) >= 11 is 0. The zero-order chi connectivity index (χ0) is 23.5. The van der Waals surface area contributed by atoms with Crippen LogP contribution in [0, 0.1) is 13.8 Å². The number of rotatable bonds is 0. The van der Waals surface area contributed by atoms with Gasteiger partial charge in [-0.1, -0.05) is 29.8 Å². The van der Waals surface area contributed by atoms with Gasteiger partial charge >= 0.3 is 6.67 Å². The first-order valence-electron chi connectivity index (χ1n) is 12.2. The van der Waals surface area contributed by atoms with E-state index in [1.165, 1.54) is 55.5 Å². The van der Waals surface area contributed by atoms with E-state index in [0.717, 1.165) is 24.3 Å². The van der Waals surface area contributed by atoms with Crippen LogP contribution in [0.5, 0.6) is 0 Å². The molecule has 0 unspecified atom stereocenters. The lowest BCUT2D eigenvalue weighted by Crippen LogP contribution is -2.53. The van der Waals surface area contributed by atoms with Crippen molar-refractivity contribution in [2.24, 2.45) is 0 Å². The van der Waals surface area contributed by atoms with Gasteiger partial charge in [-0.15, -0.1) is 9.13 Å². The minimum Gasteiger partial charge on any atom is -0.455 e. The van der Waals surface area contributed by atoms with E-state index in [4.69, 9.17) is 4.42 Å². The Labute approximate surface area is 204 Å². The molecule has 0 N–H and O–H groups in total. The number of aryl methyl sites for hydroxylation is 2. The normalized spacial score (nSPS) is 12.6. The number of nitrogens with zero attached hydrogens (tertiary/aromatic N) is 2. The van der Waals surface area contributed by atoms with Crippen LogP contribution in [0.25, 0.3) is 44.5 Å². The number of pyridine rings is 2. The van der Waals surface area contributed by atoms with Gasteiger partial charge in [0, 0.05) is 40.6 Å². The van der Waals surface area contributed by atoms with Gasteiger partial charge in [0.15, 0.2) is 12.4 Å². The van der Waals surface area contributed by atoms with E-state index in [1.807, 2.05) is 0 Å². The lowest BCUT2D eigenvalue weighted by molar-refractivity contribution is -0.903. The maximum absolute atomic E-state index is 6.62. The van der Waals surface area contributed by atoms with Crippen molar-refractivity contribution in [3.63, 3.8) is 0 Å². The average molecular weight is 455 g/mol. The molecule has 0 saturated carbocycles. The average Bonchev–Trinajstić information content (AvgIpc) is 3.23. The number of aromatic nitrogens is 2. The summed E-state index contributed by atoms with van der Waals surface area (Å²) < 4.78 is 11.3. The summed E-state index contributed by atoms with van der Waals surface area (Å²) in [4.78, 5) is 0. The molecule has 4 heterocycles.